The van der Waals surface area contributed by atoms with Crippen LogP contribution in [0.15, 0.2) is 51.9 Å². The van der Waals surface area contributed by atoms with Crippen LogP contribution in [0.1, 0.15) is 30.0 Å². The fourth-order valence-electron chi connectivity index (χ4n) is 4.62. The van der Waals surface area contributed by atoms with Crippen LogP contribution in [0.3, 0.4) is 0 Å². The SMILES string of the molecule is CC1=NC2C(=C(C3=Cc4cc(CN5CCOCC5)ccc4CC3)C=C(N)N2C)N1. The first-order chi connectivity index (χ1) is 14.1. The summed E-state index contributed by atoms with van der Waals surface area (Å²) in [6, 6.07) is 6.95. The Morgan fingerprint density at radius 2 is 2.03 bits per heavy atom. The van der Waals surface area contributed by atoms with E-state index in [2.05, 4.69) is 40.6 Å². The highest BCUT2D eigenvalue weighted by molar-refractivity contribution is 5.85. The third-order valence-corrected chi connectivity index (χ3v) is 6.31. The summed E-state index contributed by atoms with van der Waals surface area (Å²) >= 11 is 0. The summed E-state index contributed by atoms with van der Waals surface area (Å²) in [6.45, 7) is 6.70. The summed E-state index contributed by atoms with van der Waals surface area (Å²) in [5.74, 6) is 1.71. The van der Waals surface area contributed by atoms with Gasteiger partial charge in [0.05, 0.1) is 18.9 Å². The lowest BCUT2D eigenvalue weighted by atomic mass is 9.86. The molecule has 1 aromatic rings. The number of likely N-dealkylation sites (N-methyl/N-ethyl adjacent to an activating group) is 1. The zero-order valence-electron chi connectivity index (χ0n) is 17.2. The Morgan fingerprint density at radius 1 is 1.21 bits per heavy atom. The molecule has 1 aromatic carbocycles. The van der Waals surface area contributed by atoms with E-state index in [1.54, 1.807) is 0 Å². The molecule has 1 fully saturated rings. The molecule has 4 aliphatic rings. The summed E-state index contributed by atoms with van der Waals surface area (Å²) in [4.78, 5) is 9.22. The zero-order chi connectivity index (χ0) is 20.0. The van der Waals surface area contributed by atoms with Gasteiger partial charge in [0.1, 0.15) is 11.7 Å². The first-order valence-corrected chi connectivity index (χ1v) is 10.5. The second-order valence-electron chi connectivity index (χ2n) is 8.31. The van der Waals surface area contributed by atoms with E-state index in [0.717, 1.165) is 63.0 Å². The molecule has 0 saturated carbocycles. The van der Waals surface area contributed by atoms with E-state index in [9.17, 15) is 0 Å². The minimum absolute atomic E-state index is 0.0371. The highest BCUT2D eigenvalue weighted by Gasteiger charge is 2.32. The Bertz CT molecular complexity index is 952. The normalized spacial score (nSPS) is 24.4. The molecule has 0 bridgehead atoms. The maximum absolute atomic E-state index is 6.31. The second-order valence-corrected chi connectivity index (χ2v) is 8.31. The van der Waals surface area contributed by atoms with E-state index in [0.29, 0.717) is 0 Å². The second kappa shape index (κ2) is 7.35. The molecule has 152 valence electrons. The van der Waals surface area contributed by atoms with Crippen LogP contribution in [0.4, 0.5) is 0 Å². The number of aliphatic imine (C=N–C) groups is 1. The number of nitrogens with one attached hydrogen (secondary N) is 1. The average Bonchev–Trinajstić information content (AvgIpc) is 3.13. The summed E-state index contributed by atoms with van der Waals surface area (Å²) in [7, 11) is 2.00. The van der Waals surface area contributed by atoms with Gasteiger partial charge in [0.25, 0.3) is 0 Å². The number of hydrogen-bond acceptors (Lipinski definition) is 6. The summed E-state index contributed by atoms with van der Waals surface area (Å²) in [5.41, 5.74) is 14.1. The number of rotatable bonds is 3. The van der Waals surface area contributed by atoms with Crippen molar-refractivity contribution in [2.45, 2.75) is 32.5 Å². The minimum atomic E-state index is -0.0371. The van der Waals surface area contributed by atoms with Crippen LogP contribution in [0.5, 0.6) is 0 Å². The summed E-state index contributed by atoms with van der Waals surface area (Å²) in [5, 5.41) is 3.47. The first kappa shape index (κ1) is 18.5. The van der Waals surface area contributed by atoms with Gasteiger partial charge < -0.3 is 20.7 Å². The van der Waals surface area contributed by atoms with Crippen LogP contribution in [-0.2, 0) is 17.7 Å². The Balaban J connectivity index is 1.45. The molecule has 1 aliphatic carbocycles. The van der Waals surface area contributed by atoms with Crippen molar-refractivity contribution in [3.63, 3.8) is 0 Å². The Labute approximate surface area is 172 Å². The topological polar surface area (TPSA) is 66.1 Å². The lowest BCUT2D eigenvalue weighted by Crippen LogP contribution is -2.38. The van der Waals surface area contributed by atoms with Gasteiger partial charge in [0, 0.05) is 32.3 Å². The van der Waals surface area contributed by atoms with E-state index in [1.165, 1.54) is 27.8 Å². The molecule has 0 radical (unpaired) electrons. The number of fused-ring (bicyclic) bond motifs is 2. The van der Waals surface area contributed by atoms with Crippen LogP contribution in [0.25, 0.3) is 6.08 Å². The lowest BCUT2D eigenvalue weighted by Gasteiger charge is -2.32. The van der Waals surface area contributed by atoms with Gasteiger partial charge in [-0.15, -0.1) is 0 Å². The minimum Gasteiger partial charge on any atom is -0.385 e. The molecular formula is C23H29N5O. The molecule has 6 nitrogen and oxygen atoms in total. The molecule has 6 heteroatoms. The molecule has 29 heavy (non-hydrogen) atoms. The molecular weight excluding hydrogens is 362 g/mol. The molecule has 0 amide bonds. The van der Waals surface area contributed by atoms with Crippen molar-refractivity contribution in [2.24, 2.45) is 10.7 Å². The van der Waals surface area contributed by atoms with Crippen molar-refractivity contribution in [1.29, 1.82) is 0 Å². The monoisotopic (exact) mass is 391 g/mol. The third-order valence-electron chi connectivity index (χ3n) is 6.31. The number of aryl methyl sites for hydroxylation is 1. The van der Waals surface area contributed by atoms with Crippen molar-refractivity contribution in [1.82, 2.24) is 15.1 Å². The maximum atomic E-state index is 6.31. The highest BCUT2D eigenvalue weighted by Crippen LogP contribution is 2.36. The van der Waals surface area contributed by atoms with Crippen LogP contribution in [0, 0.1) is 0 Å². The van der Waals surface area contributed by atoms with E-state index in [4.69, 9.17) is 15.5 Å². The summed E-state index contributed by atoms with van der Waals surface area (Å²) < 4.78 is 5.48. The smallest absolute Gasteiger partial charge is 0.165 e. The van der Waals surface area contributed by atoms with E-state index in [1.807, 2.05) is 18.9 Å². The quantitative estimate of drug-likeness (QED) is 0.827. The van der Waals surface area contributed by atoms with E-state index < -0.39 is 0 Å². The standard InChI is InChI=1S/C23H29N5O/c1-15-25-22-20(13-21(24)27(2)23(22)26-15)18-6-5-17-4-3-16(11-19(17)12-18)14-28-7-9-29-10-8-28/h3-4,11-13,23H,5-10,14,24H2,1-2H3,(H,25,26). The number of benzene rings is 1. The van der Waals surface area contributed by atoms with Crippen molar-refractivity contribution >= 4 is 11.9 Å². The van der Waals surface area contributed by atoms with E-state index in [-0.39, 0.29) is 6.17 Å². The third kappa shape index (κ3) is 3.47. The Hall–Kier alpha value is -2.57. The molecule has 3 aliphatic heterocycles. The van der Waals surface area contributed by atoms with Crippen molar-refractivity contribution in [3.8, 4) is 0 Å². The Kier molecular flexibility index (Phi) is 4.68. The first-order valence-electron chi connectivity index (χ1n) is 10.5. The fraction of sp³-hybridized carbons (Fsp3) is 0.435. The van der Waals surface area contributed by atoms with Crippen LogP contribution in [0.2, 0.25) is 0 Å². The van der Waals surface area contributed by atoms with Gasteiger partial charge in [-0.1, -0.05) is 24.3 Å². The van der Waals surface area contributed by atoms with Crippen LogP contribution < -0.4 is 11.1 Å². The zero-order valence-corrected chi connectivity index (χ0v) is 17.2. The van der Waals surface area contributed by atoms with Gasteiger partial charge >= 0.3 is 0 Å². The van der Waals surface area contributed by atoms with Gasteiger partial charge in [-0.05, 0) is 48.1 Å². The van der Waals surface area contributed by atoms with Crippen LogP contribution in [-0.4, -0.2) is 55.2 Å². The maximum Gasteiger partial charge on any atom is 0.165 e. The molecule has 0 aromatic heterocycles. The Morgan fingerprint density at radius 3 is 2.86 bits per heavy atom. The van der Waals surface area contributed by atoms with Crippen molar-refractivity contribution < 1.29 is 4.74 Å². The number of allylic oxidation sites excluding steroid dienone is 3. The van der Waals surface area contributed by atoms with Gasteiger partial charge in [-0.2, -0.15) is 0 Å². The summed E-state index contributed by atoms with van der Waals surface area (Å²) in [6.07, 6.45) is 6.50. The molecule has 1 atom stereocenters. The van der Waals surface area contributed by atoms with Crippen molar-refractivity contribution in [2.75, 3.05) is 33.4 Å². The van der Waals surface area contributed by atoms with Crippen molar-refractivity contribution in [3.05, 3.63) is 63.6 Å². The number of amidine groups is 1. The molecule has 0 spiro atoms. The average molecular weight is 392 g/mol. The number of hydrogen-bond donors (Lipinski definition) is 2. The number of nitrogens with zero attached hydrogens (tertiary/aromatic N) is 3. The lowest BCUT2D eigenvalue weighted by molar-refractivity contribution is 0.0342. The molecule has 1 unspecified atom stereocenters. The highest BCUT2D eigenvalue weighted by atomic mass is 16.5. The largest absolute Gasteiger partial charge is 0.385 e. The number of ether oxygens (including phenoxy) is 1. The van der Waals surface area contributed by atoms with Gasteiger partial charge in [-0.25, -0.2) is 4.99 Å². The fourth-order valence-corrected chi connectivity index (χ4v) is 4.62. The predicted octanol–water partition coefficient (Wildman–Crippen LogP) is 2.20. The number of morpholine rings is 1. The van der Waals surface area contributed by atoms with Gasteiger partial charge in [0.15, 0.2) is 6.17 Å². The molecule has 5 rings (SSSR count). The molecule has 1 saturated heterocycles. The molecule has 3 N–H and O–H groups in total. The predicted molar refractivity (Wildman–Crippen MR) is 116 cm³/mol. The van der Waals surface area contributed by atoms with E-state index >= 15 is 0 Å². The number of nitrogens with two attached hydrogens (primary N) is 1. The van der Waals surface area contributed by atoms with Gasteiger partial charge in [0.2, 0.25) is 0 Å². The molecule has 3 heterocycles. The van der Waals surface area contributed by atoms with Crippen LogP contribution >= 0.6 is 0 Å². The van der Waals surface area contributed by atoms with Gasteiger partial charge in [-0.3, -0.25) is 4.90 Å².